The number of rotatable bonds is 7. The first kappa shape index (κ1) is 18.4. The Balaban J connectivity index is 2.54. The third kappa shape index (κ3) is 5.63. The van der Waals surface area contributed by atoms with E-state index in [1.165, 1.54) is 5.56 Å². The molecule has 0 aliphatic carbocycles. The van der Waals surface area contributed by atoms with Gasteiger partial charge in [0.15, 0.2) is 12.4 Å². The molecule has 1 aromatic rings. The van der Waals surface area contributed by atoms with Crippen LogP contribution in [0.5, 0.6) is 0 Å². The summed E-state index contributed by atoms with van der Waals surface area (Å²) >= 11 is 0. The van der Waals surface area contributed by atoms with Crippen LogP contribution in [0.25, 0.3) is 0 Å². The first-order valence-electron chi connectivity index (χ1n) is 8.07. The number of ether oxygens (including phenoxy) is 1. The highest BCUT2D eigenvalue weighted by atomic mass is 16.5. The van der Waals surface area contributed by atoms with Gasteiger partial charge in [-0.15, -0.1) is 0 Å². The summed E-state index contributed by atoms with van der Waals surface area (Å²) in [6, 6.07) is 7.52. The molecular weight excluding hydrogens is 276 g/mol. The molecule has 22 heavy (non-hydrogen) atoms. The maximum Gasteiger partial charge on any atom is 0.306 e. The highest BCUT2D eigenvalue weighted by molar-refractivity contribution is 5.97. The van der Waals surface area contributed by atoms with Gasteiger partial charge >= 0.3 is 5.97 Å². The van der Waals surface area contributed by atoms with E-state index in [4.69, 9.17) is 4.74 Å². The van der Waals surface area contributed by atoms with Gasteiger partial charge in [0.2, 0.25) is 0 Å². The van der Waals surface area contributed by atoms with Crippen LogP contribution in [0.3, 0.4) is 0 Å². The second-order valence-corrected chi connectivity index (χ2v) is 6.80. The molecule has 1 aromatic carbocycles. The van der Waals surface area contributed by atoms with Crippen LogP contribution in [-0.4, -0.2) is 18.4 Å². The van der Waals surface area contributed by atoms with Crippen molar-refractivity contribution in [2.75, 3.05) is 6.61 Å². The van der Waals surface area contributed by atoms with Gasteiger partial charge < -0.3 is 4.74 Å². The van der Waals surface area contributed by atoms with Crippen LogP contribution in [0.2, 0.25) is 0 Å². The minimum absolute atomic E-state index is 0.0589. The minimum Gasteiger partial charge on any atom is -0.457 e. The predicted molar refractivity (Wildman–Crippen MR) is 89.1 cm³/mol. The number of ketones is 1. The molecule has 1 rings (SSSR count). The number of benzene rings is 1. The molecule has 0 amide bonds. The number of carbonyl (C=O) groups is 2. The molecule has 0 heterocycles. The van der Waals surface area contributed by atoms with Crippen molar-refractivity contribution in [1.29, 1.82) is 0 Å². The molecule has 3 nitrogen and oxygen atoms in total. The van der Waals surface area contributed by atoms with Crippen LogP contribution in [0.1, 0.15) is 69.8 Å². The molecule has 0 atom stereocenters. The van der Waals surface area contributed by atoms with E-state index in [-0.39, 0.29) is 23.8 Å². The molecule has 0 spiro atoms. The van der Waals surface area contributed by atoms with Crippen LogP contribution < -0.4 is 0 Å². The van der Waals surface area contributed by atoms with E-state index in [0.29, 0.717) is 17.9 Å². The van der Waals surface area contributed by atoms with Gasteiger partial charge in [0.1, 0.15) is 0 Å². The Bertz CT molecular complexity index is 490. The van der Waals surface area contributed by atoms with E-state index >= 15 is 0 Å². The van der Waals surface area contributed by atoms with Crippen LogP contribution in [-0.2, 0) is 14.9 Å². The molecule has 0 aliphatic rings. The molecule has 0 unspecified atom stereocenters. The molecule has 0 aliphatic heterocycles. The second-order valence-electron chi connectivity index (χ2n) is 6.80. The highest BCUT2D eigenvalue weighted by Gasteiger charge is 2.16. The van der Waals surface area contributed by atoms with Crippen molar-refractivity contribution in [1.82, 2.24) is 0 Å². The first-order chi connectivity index (χ1) is 10.3. The van der Waals surface area contributed by atoms with E-state index in [1.54, 1.807) is 12.1 Å². The molecule has 0 bridgehead atoms. The Hall–Kier alpha value is -1.64. The lowest BCUT2D eigenvalue weighted by Gasteiger charge is -2.19. The number of carbonyl (C=O) groups excluding carboxylic acids is 2. The molecule has 0 saturated heterocycles. The van der Waals surface area contributed by atoms with E-state index in [1.807, 2.05) is 12.1 Å². The standard InChI is InChI=1S/C19H28O3/c1-6-14(7-2)12-18(21)22-13-17(20)15-8-10-16(11-9-15)19(3,4)5/h8-11,14H,6-7,12-13H2,1-5H3. The van der Waals surface area contributed by atoms with Crippen molar-refractivity contribution >= 4 is 11.8 Å². The lowest BCUT2D eigenvalue weighted by atomic mass is 9.86. The van der Waals surface area contributed by atoms with Gasteiger partial charge in [0.25, 0.3) is 0 Å². The van der Waals surface area contributed by atoms with Crippen molar-refractivity contribution in [3.05, 3.63) is 35.4 Å². The van der Waals surface area contributed by atoms with Crippen molar-refractivity contribution in [3.8, 4) is 0 Å². The predicted octanol–water partition coefficient (Wildman–Crippen LogP) is 4.54. The second kappa shape index (κ2) is 8.11. The van der Waals surface area contributed by atoms with Gasteiger partial charge in [-0.2, -0.15) is 0 Å². The monoisotopic (exact) mass is 304 g/mol. The van der Waals surface area contributed by atoms with Gasteiger partial charge in [-0.25, -0.2) is 0 Å². The number of Topliss-reactive ketones (excluding diaryl/α,β-unsaturated/α-hetero) is 1. The minimum atomic E-state index is -0.284. The van der Waals surface area contributed by atoms with Crippen LogP contribution in [0, 0.1) is 5.92 Å². The third-order valence-corrected chi connectivity index (χ3v) is 4.05. The average molecular weight is 304 g/mol. The summed E-state index contributed by atoms with van der Waals surface area (Å²) in [5.74, 6) is -0.0969. The number of hydrogen-bond acceptors (Lipinski definition) is 3. The van der Waals surface area contributed by atoms with Gasteiger partial charge in [-0.1, -0.05) is 71.7 Å². The van der Waals surface area contributed by atoms with Crippen molar-refractivity contribution in [3.63, 3.8) is 0 Å². The first-order valence-corrected chi connectivity index (χ1v) is 8.07. The Morgan fingerprint density at radius 1 is 1.05 bits per heavy atom. The van der Waals surface area contributed by atoms with Gasteiger partial charge in [-0.3, -0.25) is 9.59 Å². The summed E-state index contributed by atoms with van der Waals surface area (Å²) < 4.78 is 5.10. The SMILES string of the molecule is CCC(CC)CC(=O)OCC(=O)c1ccc(C(C)(C)C)cc1. The molecule has 0 aromatic heterocycles. The van der Waals surface area contributed by atoms with E-state index in [2.05, 4.69) is 34.6 Å². The molecule has 122 valence electrons. The zero-order valence-corrected chi connectivity index (χ0v) is 14.4. The molecule has 0 N–H and O–H groups in total. The zero-order valence-electron chi connectivity index (χ0n) is 14.4. The fourth-order valence-electron chi connectivity index (χ4n) is 2.26. The number of esters is 1. The van der Waals surface area contributed by atoms with Crippen LogP contribution >= 0.6 is 0 Å². The lowest BCUT2D eigenvalue weighted by Crippen LogP contribution is -2.17. The number of hydrogen-bond donors (Lipinski definition) is 0. The summed E-state index contributed by atoms with van der Waals surface area (Å²) in [6.45, 7) is 10.3. The lowest BCUT2D eigenvalue weighted by molar-refractivity contribution is -0.143. The summed E-state index contributed by atoms with van der Waals surface area (Å²) in [5, 5.41) is 0. The van der Waals surface area contributed by atoms with Crippen molar-refractivity contribution in [2.24, 2.45) is 5.92 Å². The van der Waals surface area contributed by atoms with Crippen LogP contribution in [0.15, 0.2) is 24.3 Å². The molecule has 0 fully saturated rings. The zero-order chi connectivity index (χ0) is 16.8. The van der Waals surface area contributed by atoms with Crippen LogP contribution in [0.4, 0.5) is 0 Å². The summed E-state index contributed by atoms with van der Waals surface area (Å²) in [4.78, 5) is 23.8. The topological polar surface area (TPSA) is 43.4 Å². The molecular formula is C19H28O3. The van der Waals surface area contributed by atoms with Gasteiger partial charge in [0, 0.05) is 12.0 Å². The normalized spacial score (nSPS) is 11.5. The van der Waals surface area contributed by atoms with Gasteiger partial charge in [0.05, 0.1) is 0 Å². The van der Waals surface area contributed by atoms with E-state index < -0.39 is 0 Å². The summed E-state index contributed by atoms with van der Waals surface area (Å²) in [5.41, 5.74) is 1.82. The maximum atomic E-state index is 12.1. The summed E-state index contributed by atoms with van der Waals surface area (Å²) in [6.07, 6.45) is 2.30. The fourth-order valence-corrected chi connectivity index (χ4v) is 2.26. The molecule has 0 radical (unpaired) electrons. The van der Waals surface area contributed by atoms with E-state index in [9.17, 15) is 9.59 Å². The maximum absolute atomic E-state index is 12.1. The Kier molecular flexibility index (Phi) is 6.79. The quantitative estimate of drug-likeness (QED) is 0.549. The summed E-state index contributed by atoms with van der Waals surface area (Å²) in [7, 11) is 0. The Labute approximate surface area is 134 Å². The highest BCUT2D eigenvalue weighted by Crippen LogP contribution is 2.22. The average Bonchev–Trinajstić information content (AvgIpc) is 2.49. The molecule has 0 saturated carbocycles. The van der Waals surface area contributed by atoms with Crippen molar-refractivity contribution < 1.29 is 14.3 Å². The fraction of sp³-hybridized carbons (Fsp3) is 0.579. The Morgan fingerprint density at radius 2 is 1.59 bits per heavy atom. The molecule has 3 heteroatoms. The third-order valence-electron chi connectivity index (χ3n) is 4.05. The Morgan fingerprint density at radius 3 is 2.05 bits per heavy atom. The van der Waals surface area contributed by atoms with Gasteiger partial charge in [-0.05, 0) is 16.9 Å². The van der Waals surface area contributed by atoms with E-state index in [0.717, 1.165) is 12.8 Å². The largest absolute Gasteiger partial charge is 0.457 e. The van der Waals surface area contributed by atoms with Crippen molar-refractivity contribution in [2.45, 2.75) is 59.3 Å². The smallest absolute Gasteiger partial charge is 0.306 e.